The summed E-state index contributed by atoms with van der Waals surface area (Å²) in [6, 6.07) is 8.68. The zero-order valence-electron chi connectivity index (χ0n) is 11.0. The van der Waals surface area contributed by atoms with Crippen molar-refractivity contribution in [2.24, 2.45) is 5.92 Å². The Labute approximate surface area is 107 Å². The minimum Gasteiger partial charge on any atom is -0.469 e. The van der Waals surface area contributed by atoms with E-state index in [1.807, 2.05) is 19.9 Å². The van der Waals surface area contributed by atoms with Crippen LogP contribution >= 0.6 is 0 Å². The van der Waals surface area contributed by atoms with Gasteiger partial charge in [-0.25, -0.2) is 0 Å². The summed E-state index contributed by atoms with van der Waals surface area (Å²) in [6.45, 7) is 3.71. The molecule has 1 aromatic carbocycles. The molecule has 98 valence electrons. The van der Waals surface area contributed by atoms with E-state index in [1.165, 1.54) is 7.11 Å². The molecule has 0 bridgehead atoms. The Hall–Kier alpha value is -1.84. The SMILES string of the molecule is CC[C@H](C(=O)OC)[C@H](C)NC(=O)c1ccccc1. The fourth-order valence-corrected chi connectivity index (χ4v) is 1.86. The van der Waals surface area contributed by atoms with E-state index < -0.39 is 0 Å². The third kappa shape index (κ3) is 3.58. The van der Waals surface area contributed by atoms with Crippen LogP contribution in [0.15, 0.2) is 30.3 Å². The highest BCUT2D eigenvalue weighted by molar-refractivity contribution is 5.94. The minimum absolute atomic E-state index is 0.176. The number of hydrogen-bond donors (Lipinski definition) is 1. The van der Waals surface area contributed by atoms with Crippen LogP contribution in [0, 0.1) is 5.92 Å². The van der Waals surface area contributed by atoms with Crippen LogP contribution in [0.5, 0.6) is 0 Å². The molecule has 4 heteroatoms. The first kappa shape index (κ1) is 14.2. The molecule has 18 heavy (non-hydrogen) atoms. The van der Waals surface area contributed by atoms with Crippen LogP contribution in [-0.4, -0.2) is 25.0 Å². The van der Waals surface area contributed by atoms with Crippen molar-refractivity contribution in [1.29, 1.82) is 0 Å². The van der Waals surface area contributed by atoms with Gasteiger partial charge in [0.05, 0.1) is 13.0 Å². The van der Waals surface area contributed by atoms with Crippen molar-refractivity contribution in [3.63, 3.8) is 0 Å². The first-order valence-electron chi connectivity index (χ1n) is 6.03. The summed E-state index contributed by atoms with van der Waals surface area (Å²) < 4.78 is 4.72. The third-order valence-corrected chi connectivity index (χ3v) is 2.94. The molecule has 1 rings (SSSR count). The molecule has 0 aliphatic carbocycles. The number of nitrogens with one attached hydrogen (secondary N) is 1. The van der Waals surface area contributed by atoms with Crippen molar-refractivity contribution in [2.45, 2.75) is 26.3 Å². The second kappa shape index (κ2) is 6.79. The molecule has 1 aromatic rings. The fraction of sp³-hybridized carbons (Fsp3) is 0.429. The number of benzene rings is 1. The third-order valence-electron chi connectivity index (χ3n) is 2.94. The summed E-state index contributed by atoms with van der Waals surface area (Å²) in [5.74, 6) is -0.786. The summed E-state index contributed by atoms with van der Waals surface area (Å²) in [5.41, 5.74) is 0.587. The van der Waals surface area contributed by atoms with Gasteiger partial charge in [0, 0.05) is 11.6 Å². The van der Waals surface area contributed by atoms with Crippen LogP contribution in [-0.2, 0) is 9.53 Å². The molecular formula is C14H19NO3. The topological polar surface area (TPSA) is 55.4 Å². The highest BCUT2D eigenvalue weighted by atomic mass is 16.5. The summed E-state index contributed by atoms with van der Waals surface area (Å²) >= 11 is 0. The number of esters is 1. The monoisotopic (exact) mass is 249 g/mol. The quantitative estimate of drug-likeness (QED) is 0.812. The second-order valence-corrected chi connectivity index (χ2v) is 4.17. The normalized spacial score (nSPS) is 13.5. The molecule has 1 N–H and O–H groups in total. The Kier molecular flexibility index (Phi) is 5.36. The van der Waals surface area contributed by atoms with Crippen LogP contribution in [0.3, 0.4) is 0 Å². The summed E-state index contributed by atoms with van der Waals surface area (Å²) in [5, 5.41) is 2.82. The summed E-state index contributed by atoms with van der Waals surface area (Å²) in [4.78, 5) is 23.5. The van der Waals surface area contributed by atoms with E-state index in [9.17, 15) is 9.59 Å². The van der Waals surface area contributed by atoms with Gasteiger partial charge in [-0.2, -0.15) is 0 Å². The predicted octanol–water partition coefficient (Wildman–Crippen LogP) is 2.00. The van der Waals surface area contributed by atoms with Crippen LogP contribution in [0.25, 0.3) is 0 Å². The van der Waals surface area contributed by atoms with Crippen molar-refractivity contribution in [2.75, 3.05) is 7.11 Å². The van der Waals surface area contributed by atoms with Crippen LogP contribution in [0.1, 0.15) is 30.6 Å². The Morgan fingerprint density at radius 1 is 1.28 bits per heavy atom. The molecule has 0 radical (unpaired) electrons. The molecule has 0 aliphatic heterocycles. The minimum atomic E-state index is -0.317. The average Bonchev–Trinajstić information content (AvgIpc) is 2.40. The molecule has 0 fully saturated rings. The molecule has 0 saturated heterocycles. The van der Waals surface area contributed by atoms with Gasteiger partial charge >= 0.3 is 5.97 Å². The number of carbonyl (C=O) groups is 2. The van der Waals surface area contributed by atoms with E-state index in [0.717, 1.165) is 0 Å². The van der Waals surface area contributed by atoms with E-state index in [2.05, 4.69) is 5.32 Å². The van der Waals surface area contributed by atoms with Crippen molar-refractivity contribution in [3.8, 4) is 0 Å². The van der Waals surface area contributed by atoms with Crippen molar-refractivity contribution in [1.82, 2.24) is 5.32 Å². The van der Waals surface area contributed by atoms with E-state index in [0.29, 0.717) is 12.0 Å². The van der Waals surface area contributed by atoms with Gasteiger partial charge < -0.3 is 10.1 Å². The zero-order chi connectivity index (χ0) is 13.5. The Bertz CT molecular complexity index is 403. The van der Waals surface area contributed by atoms with Crippen LogP contribution < -0.4 is 5.32 Å². The highest BCUT2D eigenvalue weighted by Gasteiger charge is 2.25. The molecule has 0 aliphatic rings. The Morgan fingerprint density at radius 3 is 2.39 bits per heavy atom. The van der Waals surface area contributed by atoms with E-state index in [1.54, 1.807) is 24.3 Å². The van der Waals surface area contributed by atoms with Gasteiger partial charge in [0.2, 0.25) is 0 Å². The van der Waals surface area contributed by atoms with Gasteiger partial charge in [-0.1, -0.05) is 25.1 Å². The molecule has 4 nitrogen and oxygen atoms in total. The maximum absolute atomic E-state index is 11.9. The van der Waals surface area contributed by atoms with Crippen molar-refractivity contribution in [3.05, 3.63) is 35.9 Å². The average molecular weight is 249 g/mol. The zero-order valence-corrected chi connectivity index (χ0v) is 11.0. The molecule has 0 spiro atoms. The van der Waals surface area contributed by atoms with Gasteiger partial charge in [0.1, 0.15) is 0 Å². The van der Waals surface area contributed by atoms with Crippen LogP contribution in [0.2, 0.25) is 0 Å². The van der Waals surface area contributed by atoms with Gasteiger partial charge in [0.25, 0.3) is 5.91 Å². The van der Waals surface area contributed by atoms with E-state index in [-0.39, 0.29) is 23.8 Å². The smallest absolute Gasteiger partial charge is 0.310 e. The van der Waals surface area contributed by atoms with E-state index >= 15 is 0 Å². The highest BCUT2D eigenvalue weighted by Crippen LogP contribution is 2.11. The van der Waals surface area contributed by atoms with Gasteiger partial charge in [-0.3, -0.25) is 9.59 Å². The molecular weight excluding hydrogens is 230 g/mol. The summed E-state index contributed by atoms with van der Waals surface area (Å²) in [6.07, 6.45) is 0.628. The first-order chi connectivity index (χ1) is 8.60. The largest absolute Gasteiger partial charge is 0.469 e. The standard InChI is InChI=1S/C14H19NO3/c1-4-12(14(17)18-3)10(2)15-13(16)11-8-6-5-7-9-11/h5-10,12H,4H2,1-3H3,(H,15,16)/t10-,12-/m0/s1. The molecule has 0 saturated carbocycles. The lowest BCUT2D eigenvalue weighted by atomic mass is 9.98. The molecule has 2 atom stereocenters. The maximum Gasteiger partial charge on any atom is 0.310 e. The molecule has 0 unspecified atom stereocenters. The number of rotatable bonds is 5. The number of carbonyl (C=O) groups excluding carboxylic acids is 2. The molecule has 1 amide bonds. The predicted molar refractivity (Wildman–Crippen MR) is 69.2 cm³/mol. The van der Waals surface area contributed by atoms with Gasteiger partial charge in [-0.05, 0) is 25.5 Å². The number of ether oxygens (including phenoxy) is 1. The fourth-order valence-electron chi connectivity index (χ4n) is 1.86. The molecule has 0 aromatic heterocycles. The first-order valence-corrected chi connectivity index (χ1v) is 6.03. The van der Waals surface area contributed by atoms with Crippen molar-refractivity contribution >= 4 is 11.9 Å². The maximum atomic E-state index is 11.9. The van der Waals surface area contributed by atoms with Crippen LogP contribution in [0.4, 0.5) is 0 Å². The second-order valence-electron chi connectivity index (χ2n) is 4.17. The number of hydrogen-bond acceptors (Lipinski definition) is 3. The number of amides is 1. The summed E-state index contributed by atoms with van der Waals surface area (Å²) in [7, 11) is 1.36. The Balaban J connectivity index is 2.66. The molecule has 0 heterocycles. The lowest BCUT2D eigenvalue weighted by Crippen LogP contribution is -2.41. The van der Waals surface area contributed by atoms with E-state index in [4.69, 9.17) is 4.74 Å². The van der Waals surface area contributed by atoms with Gasteiger partial charge in [-0.15, -0.1) is 0 Å². The number of methoxy groups -OCH3 is 1. The Morgan fingerprint density at radius 2 is 1.89 bits per heavy atom. The lowest BCUT2D eigenvalue weighted by Gasteiger charge is -2.21. The van der Waals surface area contributed by atoms with Gasteiger partial charge in [0.15, 0.2) is 0 Å². The lowest BCUT2D eigenvalue weighted by molar-refractivity contribution is -0.146. The van der Waals surface area contributed by atoms with Crippen molar-refractivity contribution < 1.29 is 14.3 Å².